The van der Waals surface area contributed by atoms with Crippen LogP contribution < -0.4 is 0 Å². The first-order valence-electron chi connectivity index (χ1n) is 7.16. The molecule has 0 radical (unpaired) electrons. The molecule has 2 fully saturated rings. The molecule has 0 heterocycles. The monoisotopic (exact) mass is 240 g/mol. The van der Waals surface area contributed by atoms with Crippen molar-refractivity contribution in [1.82, 2.24) is 0 Å². The lowest BCUT2D eigenvalue weighted by atomic mass is 9.52. The number of hydrogen-bond acceptors (Lipinski definition) is 2. The molecule has 2 aliphatic carbocycles. The van der Waals surface area contributed by atoms with Gasteiger partial charge in [0, 0.05) is 5.92 Å². The number of rotatable bonds is 1. The third kappa shape index (κ3) is 2.26. The molecule has 5 atom stereocenters. The standard InChI is InChI=1S/C15H28O2/c1-10-6-5-8-15(4)9-7-11(14(2,3)17)13(16)12(10)15/h10-13,16-17H,5-9H2,1-4H3/t10-,11+,12+,13+,15+/m1/s1. The van der Waals surface area contributed by atoms with Crippen molar-refractivity contribution in [2.75, 3.05) is 0 Å². The average Bonchev–Trinajstić information content (AvgIpc) is 2.14. The van der Waals surface area contributed by atoms with Crippen LogP contribution in [0.5, 0.6) is 0 Å². The first kappa shape index (κ1) is 13.4. The zero-order chi connectivity index (χ0) is 12.8. The van der Waals surface area contributed by atoms with Crippen molar-refractivity contribution in [3.63, 3.8) is 0 Å². The van der Waals surface area contributed by atoms with Gasteiger partial charge < -0.3 is 10.2 Å². The summed E-state index contributed by atoms with van der Waals surface area (Å²) < 4.78 is 0. The summed E-state index contributed by atoms with van der Waals surface area (Å²) in [6, 6.07) is 0. The van der Waals surface area contributed by atoms with Gasteiger partial charge in [0.15, 0.2) is 0 Å². The fourth-order valence-electron chi connectivity index (χ4n) is 4.58. The van der Waals surface area contributed by atoms with Crippen molar-refractivity contribution in [3.8, 4) is 0 Å². The lowest BCUT2D eigenvalue weighted by molar-refractivity contribution is -0.151. The third-order valence-corrected chi connectivity index (χ3v) is 5.54. The number of hydrogen-bond donors (Lipinski definition) is 2. The summed E-state index contributed by atoms with van der Waals surface area (Å²) >= 11 is 0. The van der Waals surface area contributed by atoms with Gasteiger partial charge in [-0.15, -0.1) is 0 Å². The van der Waals surface area contributed by atoms with Gasteiger partial charge in [0.05, 0.1) is 11.7 Å². The Hall–Kier alpha value is -0.0800. The normalized spacial score (nSPS) is 47.6. The SMILES string of the molecule is C[C@@H]1CCC[C@@]2(C)CC[C@H](C(C)(C)O)[C@H](O)[C@H]12. The molecule has 2 heteroatoms. The zero-order valence-corrected chi connectivity index (χ0v) is 11.7. The van der Waals surface area contributed by atoms with Gasteiger partial charge in [-0.3, -0.25) is 0 Å². The van der Waals surface area contributed by atoms with Crippen molar-refractivity contribution in [3.05, 3.63) is 0 Å². The van der Waals surface area contributed by atoms with Gasteiger partial charge >= 0.3 is 0 Å². The highest BCUT2D eigenvalue weighted by Crippen LogP contribution is 2.55. The average molecular weight is 240 g/mol. The van der Waals surface area contributed by atoms with E-state index in [-0.39, 0.29) is 12.0 Å². The lowest BCUT2D eigenvalue weighted by Crippen LogP contribution is -2.55. The van der Waals surface area contributed by atoms with E-state index in [4.69, 9.17) is 0 Å². The molecular weight excluding hydrogens is 212 g/mol. The van der Waals surface area contributed by atoms with Gasteiger partial charge in [0.1, 0.15) is 0 Å². The van der Waals surface area contributed by atoms with E-state index in [1.807, 2.05) is 13.8 Å². The highest BCUT2D eigenvalue weighted by atomic mass is 16.3. The molecule has 2 saturated carbocycles. The Morgan fingerprint density at radius 3 is 2.41 bits per heavy atom. The summed E-state index contributed by atoms with van der Waals surface area (Å²) in [4.78, 5) is 0. The van der Waals surface area contributed by atoms with Crippen molar-refractivity contribution < 1.29 is 10.2 Å². The summed E-state index contributed by atoms with van der Waals surface area (Å²) in [5.41, 5.74) is -0.448. The molecule has 2 N–H and O–H groups in total. The Labute approximate surface area is 105 Å². The first-order valence-corrected chi connectivity index (χ1v) is 7.16. The van der Waals surface area contributed by atoms with Gasteiger partial charge in [0.2, 0.25) is 0 Å². The molecule has 0 aromatic heterocycles. The van der Waals surface area contributed by atoms with Crippen LogP contribution in [0.2, 0.25) is 0 Å². The second-order valence-corrected chi connectivity index (χ2v) is 7.34. The maximum Gasteiger partial charge on any atom is 0.0644 e. The van der Waals surface area contributed by atoms with Crippen LogP contribution in [-0.2, 0) is 0 Å². The highest BCUT2D eigenvalue weighted by molar-refractivity contribution is 5.02. The fraction of sp³-hybridized carbons (Fsp3) is 1.00. The summed E-state index contributed by atoms with van der Waals surface area (Å²) in [7, 11) is 0. The minimum Gasteiger partial charge on any atom is -0.392 e. The van der Waals surface area contributed by atoms with Crippen LogP contribution in [-0.4, -0.2) is 21.9 Å². The molecule has 100 valence electrons. The number of fused-ring (bicyclic) bond motifs is 1. The second-order valence-electron chi connectivity index (χ2n) is 7.34. The third-order valence-electron chi connectivity index (χ3n) is 5.54. The minimum atomic E-state index is -0.752. The van der Waals surface area contributed by atoms with Gasteiger partial charge in [-0.1, -0.05) is 26.7 Å². The van der Waals surface area contributed by atoms with Crippen LogP contribution in [0, 0.1) is 23.2 Å². The molecule has 0 aliphatic heterocycles. The van der Waals surface area contributed by atoms with Crippen LogP contribution in [0.4, 0.5) is 0 Å². The second kappa shape index (κ2) is 4.24. The topological polar surface area (TPSA) is 40.5 Å². The predicted molar refractivity (Wildman–Crippen MR) is 69.6 cm³/mol. The van der Waals surface area contributed by atoms with Crippen LogP contribution in [0.15, 0.2) is 0 Å². The maximum absolute atomic E-state index is 10.7. The maximum atomic E-state index is 10.7. The molecule has 0 aromatic rings. The molecule has 0 bridgehead atoms. The molecule has 0 amide bonds. The van der Waals surface area contributed by atoms with Gasteiger partial charge in [-0.25, -0.2) is 0 Å². The summed E-state index contributed by atoms with van der Waals surface area (Å²) in [5, 5.41) is 20.9. The van der Waals surface area contributed by atoms with E-state index >= 15 is 0 Å². The van der Waals surface area contributed by atoms with Crippen molar-refractivity contribution in [1.29, 1.82) is 0 Å². The molecule has 0 aromatic carbocycles. The summed E-state index contributed by atoms with van der Waals surface area (Å²) in [6.45, 7) is 8.31. The molecule has 0 spiro atoms. The molecule has 2 rings (SSSR count). The quantitative estimate of drug-likeness (QED) is 0.740. The Morgan fingerprint density at radius 1 is 1.18 bits per heavy atom. The Bertz CT molecular complexity index is 281. The van der Waals surface area contributed by atoms with Gasteiger partial charge in [-0.05, 0) is 50.4 Å². The van der Waals surface area contributed by atoms with E-state index in [0.29, 0.717) is 17.3 Å². The molecule has 17 heavy (non-hydrogen) atoms. The van der Waals surface area contributed by atoms with Crippen LogP contribution in [0.3, 0.4) is 0 Å². The van der Waals surface area contributed by atoms with Crippen LogP contribution in [0.25, 0.3) is 0 Å². The number of aliphatic hydroxyl groups excluding tert-OH is 1. The largest absolute Gasteiger partial charge is 0.392 e. The van der Waals surface area contributed by atoms with E-state index in [1.54, 1.807) is 0 Å². The van der Waals surface area contributed by atoms with Crippen LogP contribution >= 0.6 is 0 Å². The van der Waals surface area contributed by atoms with E-state index in [0.717, 1.165) is 12.8 Å². The molecule has 2 nitrogen and oxygen atoms in total. The van der Waals surface area contributed by atoms with E-state index in [1.165, 1.54) is 19.3 Å². The molecule has 0 unspecified atom stereocenters. The van der Waals surface area contributed by atoms with Gasteiger partial charge in [0.25, 0.3) is 0 Å². The lowest BCUT2D eigenvalue weighted by Gasteiger charge is -2.55. The molecular formula is C15H28O2. The van der Waals surface area contributed by atoms with E-state index in [9.17, 15) is 10.2 Å². The fourth-order valence-corrected chi connectivity index (χ4v) is 4.58. The first-order chi connectivity index (χ1) is 7.76. The Morgan fingerprint density at radius 2 is 1.82 bits per heavy atom. The smallest absolute Gasteiger partial charge is 0.0644 e. The van der Waals surface area contributed by atoms with Crippen LogP contribution in [0.1, 0.15) is 59.8 Å². The van der Waals surface area contributed by atoms with Crippen molar-refractivity contribution in [2.45, 2.75) is 71.5 Å². The van der Waals surface area contributed by atoms with E-state index in [2.05, 4.69) is 13.8 Å². The van der Waals surface area contributed by atoms with E-state index < -0.39 is 5.60 Å². The molecule has 2 aliphatic rings. The highest BCUT2D eigenvalue weighted by Gasteiger charge is 2.52. The summed E-state index contributed by atoms with van der Waals surface area (Å²) in [5.74, 6) is 1.01. The number of aliphatic hydroxyl groups is 2. The summed E-state index contributed by atoms with van der Waals surface area (Å²) in [6.07, 6.45) is 5.57. The van der Waals surface area contributed by atoms with Gasteiger partial charge in [-0.2, -0.15) is 0 Å². The molecule has 0 saturated heterocycles. The predicted octanol–water partition coefficient (Wildman–Crippen LogP) is 2.97. The van der Waals surface area contributed by atoms with Crippen molar-refractivity contribution in [2.24, 2.45) is 23.2 Å². The van der Waals surface area contributed by atoms with Crippen molar-refractivity contribution >= 4 is 0 Å². The minimum absolute atomic E-state index is 0.0427. The Kier molecular flexibility index (Phi) is 3.33. The Balaban J connectivity index is 2.24. The zero-order valence-electron chi connectivity index (χ0n) is 11.7.